The van der Waals surface area contributed by atoms with E-state index < -0.39 is 0 Å². The van der Waals surface area contributed by atoms with Gasteiger partial charge in [0.1, 0.15) is 0 Å². The van der Waals surface area contributed by atoms with Crippen molar-refractivity contribution < 1.29 is 4.79 Å². The predicted octanol–water partition coefficient (Wildman–Crippen LogP) is 3.87. The van der Waals surface area contributed by atoms with Gasteiger partial charge in [0, 0.05) is 44.1 Å². The van der Waals surface area contributed by atoms with Crippen LogP contribution in [0.1, 0.15) is 30.9 Å². The fourth-order valence-electron chi connectivity index (χ4n) is 3.71. The number of imidazole rings is 1. The molecule has 2 N–H and O–H groups in total. The molecule has 0 atom stereocenters. The van der Waals surface area contributed by atoms with Crippen LogP contribution in [-0.2, 0) is 17.9 Å². The van der Waals surface area contributed by atoms with Gasteiger partial charge >= 0.3 is 0 Å². The topological polar surface area (TPSA) is 74.6 Å². The molecule has 0 radical (unpaired) electrons. The second kappa shape index (κ2) is 11.7. The van der Waals surface area contributed by atoms with Crippen LogP contribution in [0.2, 0.25) is 0 Å². The Balaban J connectivity index is 0.00000289. The normalized spacial score (nSPS) is 13.7. The molecule has 2 aromatic carbocycles. The van der Waals surface area contributed by atoms with Crippen molar-refractivity contribution in [3.8, 4) is 5.69 Å². The summed E-state index contributed by atoms with van der Waals surface area (Å²) in [4.78, 5) is 22.7. The molecule has 1 saturated heterocycles. The molecule has 0 spiro atoms. The van der Waals surface area contributed by atoms with Crippen LogP contribution in [0.25, 0.3) is 5.69 Å². The van der Waals surface area contributed by atoms with Crippen LogP contribution in [0.5, 0.6) is 0 Å². The maximum atomic E-state index is 11.9. The van der Waals surface area contributed by atoms with E-state index in [0.29, 0.717) is 19.5 Å². The first-order chi connectivity index (χ1) is 15.2. The van der Waals surface area contributed by atoms with Gasteiger partial charge in [-0.3, -0.25) is 4.79 Å². The van der Waals surface area contributed by atoms with E-state index in [9.17, 15) is 4.79 Å². The lowest BCUT2D eigenvalue weighted by atomic mass is 10.1. The molecule has 0 saturated carbocycles. The number of nitrogens with zero attached hydrogens (tertiary/aromatic N) is 4. The van der Waals surface area contributed by atoms with E-state index >= 15 is 0 Å². The Morgan fingerprint density at radius 3 is 2.62 bits per heavy atom. The average molecular weight is 544 g/mol. The van der Waals surface area contributed by atoms with Crippen LogP contribution in [0.4, 0.5) is 5.69 Å². The second-order valence-corrected chi connectivity index (χ2v) is 7.46. The first-order valence-electron chi connectivity index (χ1n) is 10.7. The van der Waals surface area contributed by atoms with Crippen molar-refractivity contribution in [1.29, 1.82) is 0 Å². The number of guanidine groups is 1. The average Bonchev–Trinajstić information content (AvgIpc) is 3.48. The van der Waals surface area contributed by atoms with Crippen molar-refractivity contribution in [2.75, 3.05) is 18.0 Å². The van der Waals surface area contributed by atoms with Crippen molar-refractivity contribution in [3.63, 3.8) is 0 Å². The van der Waals surface area contributed by atoms with Crippen LogP contribution in [0.15, 0.2) is 72.2 Å². The molecule has 168 valence electrons. The first kappa shape index (κ1) is 23.8. The number of nitrogens with one attached hydrogen (secondary N) is 2. The summed E-state index contributed by atoms with van der Waals surface area (Å²) in [7, 11) is 0. The lowest BCUT2D eigenvalue weighted by Gasteiger charge is -2.16. The summed E-state index contributed by atoms with van der Waals surface area (Å²) in [6, 6.07) is 16.3. The van der Waals surface area contributed by atoms with E-state index in [0.717, 1.165) is 48.0 Å². The molecule has 7 nitrogen and oxygen atoms in total. The number of para-hydroxylation sites is 1. The highest BCUT2D eigenvalue weighted by Crippen LogP contribution is 2.21. The maximum Gasteiger partial charge on any atom is 0.227 e. The molecular weight excluding hydrogens is 515 g/mol. The van der Waals surface area contributed by atoms with E-state index in [1.54, 1.807) is 12.5 Å². The number of amides is 1. The summed E-state index contributed by atoms with van der Waals surface area (Å²) in [5.41, 5.74) is 4.32. The molecule has 0 unspecified atom stereocenters. The van der Waals surface area contributed by atoms with Crippen molar-refractivity contribution >= 4 is 41.5 Å². The predicted molar refractivity (Wildman–Crippen MR) is 139 cm³/mol. The Morgan fingerprint density at radius 2 is 1.94 bits per heavy atom. The molecule has 8 heteroatoms. The number of anilines is 1. The van der Waals surface area contributed by atoms with E-state index in [1.165, 1.54) is 0 Å². The minimum atomic E-state index is 0. The van der Waals surface area contributed by atoms with Gasteiger partial charge in [-0.15, -0.1) is 24.0 Å². The zero-order valence-corrected chi connectivity index (χ0v) is 20.5. The highest BCUT2D eigenvalue weighted by Gasteiger charge is 2.21. The second-order valence-electron chi connectivity index (χ2n) is 7.46. The molecule has 4 rings (SSSR count). The third-order valence-electron chi connectivity index (χ3n) is 5.31. The van der Waals surface area contributed by atoms with Crippen LogP contribution in [-0.4, -0.2) is 34.5 Å². The van der Waals surface area contributed by atoms with E-state index in [2.05, 4.69) is 34.7 Å². The molecule has 0 bridgehead atoms. The fourth-order valence-corrected chi connectivity index (χ4v) is 3.71. The Bertz CT molecular complexity index is 1030. The fraction of sp³-hybridized carbons (Fsp3) is 0.292. The summed E-state index contributed by atoms with van der Waals surface area (Å²) < 4.78 is 2.01. The molecule has 32 heavy (non-hydrogen) atoms. The number of aromatic nitrogens is 2. The Hall–Kier alpha value is -2.88. The SMILES string of the molecule is CCNC(=NCc1ccc(N2CCCC2=O)cc1)NCc1ccccc1-n1ccnc1.I. The minimum absolute atomic E-state index is 0. The van der Waals surface area contributed by atoms with Gasteiger partial charge in [0.15, 0.2) is 5.96 Å². The van der Waals surface area contributed by atoms with Crippen molar-refractivity contribution in [3.05, 3.63) is 78.4 Å². The number of hydrogen-bond donors (Lipinski definition) is 2. The van der Waals surface area contributed by atoms with Crippen molar-refractivity contribution in [1.82, 2.24) is 20.2 Å². The van der Waals surface area contributed by atoms with Crippen LogP contribution in [0.3, 0.4) is 0 Å². The smallest absolute Gasteiger partial charge is 0.227 e. The largest absolute Gasteiger partial charge is 0.357 e. The number of benzene rings is 2. The molecule has 0 aliphatic carbocycles. The zero-order valence-electron chi connectivity index (χ0n) is 18.2. The minimum Gasteiger partial charge on any atom is -0.357 e. The van der Waals surface area contributed by atoms with Crippen molar-refractivity contribution in [2.45, 2.75) is 32.9 Å². The molecular formula is C24H29IN6O. The lowest BCUT2D eigenvalue weighted by Crippen LogP contribution is -2.37. The quantitative estimate of drug-likeness (QED) is 0.269. The third kappa shape index (κ3) is 5.87. The molecule has 1 aromatic heterocycles. The van der Waals surface area contributed by atoms with Gasteiger partial charge in [0.05, 0.1) is 18.6 Å². The van der Waals surface area contributed by atoms with Crippen LogP contribution >= 0.6 is 24.0 Å². The lowest BCUT2D eigenvalue weighted by molar-refractivity contribution is -0.117. The zero-order chi connectivity index (χ0) is 21.5. The summed E-state index contributed by atoms with van der Waals surface area (Å²) in [5, 5.41) is 6.73. The van der Waals surface area contributed by atoms with Crippen LogP contribution < -0.4 is 15.5 Å². The third-order valence-corrected chi connectivity index (χ3v) is 5.31. The van der Waals surface area contributed by atoms with Gasteiger partial charge < -0.3 is 20.1 Å². The van der Waals surface area contributed by atoms with Gasteiger partial charge in [0.2, 0.25) is 5.91 Å². The summed E-state index contributed by atoms with van der Waals surface area (Å²) in [5.74, 6) is 0.974. The number of aliphatic imine (C=N–C) groups is 1. The first-order valence-corrected chi connectivity index (χ1v) is 10.7. The number of carbonyl (C=O) groups excluding carboxylic acids is 1. The van der Waals surface area contributed by atoms with Gasteiger partial charge in [-0.25, -0.2) is 9.98 Å². The molecule has 3 aromatic rings. The molecule has 1 fully saturated rings. The molecule has 1 aliphatic rings. The highest BCUT2D eigenvalue weighted by atomic mass is 127. The number of hydrogen-bond acceptors (Lipinski definition) is 3. The van der Waals surface area contributed by atoms with Gasteiger partial charge in [0.25, 0.3) is 0 Å². The van der Waals surface area contributed by atoms with E-state index in [1.807, 2.05) is 52.1 Å². The van der Waals surface area contributed by atoms with Gasteiger partial charge in [-0.05, 0) is 42.7 Å². The van der Waals surface area contributed by atoms with Crippen molar-refractivity contribution in [2.24, 2.45) is 4.99 Å². The van der Waals surface area contributed by atoms with Gasteiger partial charge in [-0.1, -0.05) is 30.3 Å². The monoisotopic (exact) mass is 544 g/mol. The highest BCUT2D eigenvalue weighted by molar-refractivity contribution is 14.0. The molecule has 2 heterocycles. The summed E-state index contributed by atoms with van der Waals surface area (Å²) >= 11 is 0. The van der Waals surface area contributed by atoms with Gasteiger partial charge in [-0.2, -0.15) is 0 Å². The number of halogens is 1. The standard InChI is InChI=1S/C24H28N6O.HI/c1-2-26-24(28-17-20-6-3-4-7-22(20)29-15-13-25-18-29)27-16-19-9-11-21(12-10-19)30-14-5-8-23(30)31;/h3-4,6-7,9-13,15,18H,2,5,8,14,16-17H2,1H3,(H2,26,27,28);1H. The Kier molecular flexibility index (Phi) is 8.66. The summed E-state index contributed by atoms with van der Waals surface area (Å²) in [6.45, 7) is 4.86. The number of rotatable bonds is 7. The van der Waals surface area contributed by atoms with E-state index in [4.69, 9.17) is 4.99 Å². The van der Waals surface area contributed by atoms with E-state index in [-0.39, 0.29) is 29.9 Å². The molecule has 1 aliphatic heterocycles. The Labute approximate surface area is 206 Å². The Morgan fingerprint density at radius 1 is 1.12 bits per heavy atom. The van der Waals surface area contributed by atoms with Crippen LogP contribution in [0, 0.1) is 0 Å². The number of carbonyl (C=O) groups is 1. The maximum absolute atomic E-state index is 11.9. The molecule has 1 amide bonds. The summed E-state index contributed by atoms with van der Waals surface area (Å²) in [6.07, 6.45) is 7.11.